The second-order valence-corrected chi connectivity index (χ2v) is 24.2. The van der Waals surface area contributed by atoms with Gasteiger partial charge < -0.3 is 5.32 Å². The van der Waals surface area contributed by atoms with Crippen LogP contribution < -0.4 is 10.0 Å². The number of hydrogen-bond acceptors (Lipinski definition) is 8. The van der Waals surface area contributed by atoms with E-state index in [1.165, 1.54) is 19.1 Å². The van der Waals surface area contributed by atoms with E-state index in [1.807, 2.05) is 22.6 Å². The lowest BCUT2D eigenvalue weighted by molar-refractivity contribution is -0.123. The van der Waals surface area contributed by atoms with Gasteiger partial charge in [0.05, 0.1) is 49.1 Å². The van der Waals surface area contributed by atoms with Crippen LogP contribution in [0.3, 0.4) is 0 Å². The third-order valence-corrected chi connectivity index (χ3v) is 18.4. The fourth-order valence-electron chi connectivity index (χ4n) is 9.14. The summed E-state index contributed by atoms with van der Waals surface area (Å²) in [5.74, 6) is -9.61. The number of carbonyl (C=O) groups excluding carboxylic acids is 1. The molecule has 3 aliphatic rings. The zero-order valence-corrected chi connectivity index (χ0v) is 40.4. The molecule has 1 amide bonds. The number of alkyl halides is 6. The van der Waals surface area contributed by atoms with E-state index in [0.717, 1.165) is 16.8 Å². The molecule has 0 spiro atoms. The standard InChI is InChI=1S/C43H43ClF8IN7O5S2/c1-4-66(62,63)58-41-35-28(44)10-8-24(38(35)59(57-41)18-32(47)48)26-17-29(53)30(11-12-42(2,3)67(64,65)23-5-6-23)55-36(26)31(15-20-13-21(45)16-22(46)14-20)54-33(61)19-60-39-34(37(56-60)40(49)50)25-7-9-27(25)43(39,51)52/h8,10,13-14,16-17,23,25,27,31-32,40H,4-7,9,11-12,15,18-19H2,1-3H3,(H,54,61)(H,57,58)/t25-,27+,31-/m0/s1. The van der Waals surface area contributed by atoms with Crippen molar-refractivity contribution in [2.45, 2.75) is 120 Å². The Hall–Kier alpha value is -4.10. The fourth-order valence-corrected chi connectivity index (χ4v) is 12.7. The molecule has 8 rings (SSSR count). The van der Waals surface area contributed by atoms with Crippen molar-refractivity contribution in [3.63, 3.8) is 0 Å². The third-order valence-electron chi connectivity index (χ3n) is 12.8. The summed E-state index contributed by atoms with van der Waals surface area (Å²) in [6.07, 6.45) is -5.32. The first kappa shape index (κ1) is 49.3. The lowest BCUT2D eigenvalue weighted by Gasteiger charge is -2.34. The second-order valence-electron chi connectivity index (χ2n) is 17.7. The van der Waals surface area contributed by atoms with E-state index in [9.17, 15) is 48.0 Å². The molecule has 3 heterocycles. The molecule has 3 atom stereocenters. The molecule has 2 N–H and O–H groups in total. The molecular weight excluding hydrogens is 1070 g/mol. The number of pyridine rings is 1. The van der Waals surface area contributed by atoms with Gasteiger partial charge in [-0.3, -0.25) is 23.9 Å². The van der Waals surface area contributed by atoms with Crippen LogP contribution in [-0.2, 0) is 56.5 Å². The summed E-state index contributed by atoms with van der Waals surface area (Å²) in [7, 11) is -7.66. The number of hydrogen-bond donors (Lipinski definition) is 2. The highest BCUT2D eigenvalue weighted by molar-refractivity contribution is 14.1. The lowest BCUT2D eigenvalue weighted by atomic mass is 9.73. The zero-order valence-electron chi connectivity index (χ0n) is 35.9. The van der Waals surface area contributed by atoms with Gasteiger partial charge in [0, 0.05) is 32.2 Å². The highest BCUT2D eigenvalue weighted by Gasteiger charge is 2.62. The van der Waals surface area contributed by atoms with E-state index in [1.54, 1.807) is 19.9 Å². The number of sulfonamides is 1. The van der Waals surface area contributed by atoms with Gasteiger partial charge in [-0.05, 0) is 124 Å². The minimum Gasteiger partial charge on any atom is -0.346 e. The largest absolute Gasteiger partial charge is 0.346 e. The molecule has 5 aromatic rings. The molecule has 2 saturated carbocycles. The highest BCUT2D eigenvalue weighted by Crippen LogP contribution is 2.63. The lowest BCUT2D eigenvalue weighted by Crippen LogP contribution is -2.37. The summed E-state index contributed by atoms with van der Waals surface area (Å²) >= 11 is 8.60. The number of rotatable bonds is 18. The van der Waals surface area contributed by atoms with E-state index in [4.69, 9.17) is 16.6 Å². The quantitative estimate of drug-likeness (QED) is 0.0649. The molecule has 0 bridgehead atoms. The number of anilines is 1. The molecule has 67 heavy (non-hydrogen) atoms. The summed E-state index contributed by atoms with van der Waals surface area (Å²) < 4.78 is 174. The number of aryl methyl sites for hydroxylation is 1. The average molecular weight is 1120 g/mol. The topological polar surface area (TPSA) is 158 Å². The second kappa shape index (κ2) is 18.0. The van der Waals surface area contributed by atoms with Crippen LogP contribution in [0.1, 0.15) is 105 Å². The van der Waals surface area contributed by atoms with Crippen molar-refractivity contribution in [1.82, 2.24) is 29.9 Å². The molecule has 2 fully saturated rings. The first-order chi connectivity index (χ1) is 31.3. The first-order valence-corrected chi connectivity index (χ1v) is 25.9. The normalized spacial score (nSPS) is 18.6. The van der Waals surface area contributed by atoms with Crippen molar-refractivity contribution < 1.29 is 56.8 Å². The summed E-state index contributed by atoms with van der Waals surface area (Å²) in [6.45, 7) is 2.44. The van der Waals surface area contributed by atoms with E-state index in [2.05, 4.69) is 20.2 Å². The van der Waals surface area contributed by atoms with E-state index in [-0.39, 0.29) is 81.1 Å². The highest BCUT2D eigenvalue weighted by atomic mass is 127. The Bertz CT molecular complexity index is 3000. The Labute approximate surface area is 398 Å². The molecule has 0 unspecified atom stereocenters. The number of benzene rings is 2. The minimum absolute atomic E-state index is 0.0231. The summed E-state index contributed by atoms with van der Waals surface area (Å²) in [5.41, 5.74) is -1.82. The maximum absolute atomic E-state index is 15.8. The van der Waals surface area contributed by atoms with Crippen LogP contribution in [0.25, 0.3) is 22.0 Å². The summed E-state index contributed by atoms with van der Waals surface area (Å²) in [6, 6.07) is 5.36. The third kappa shape index (κ3) is 9.38. The van der Waals surface area contributed by atoms with E-state index < -0.39 is 121 Å². The average Bonchev–Trinajstić information content (AvgIpc) is 3.89. The number of sulfone groups is 1. The molecule has 0 saturated heterocycles. The van der Waals surface area contributed by atoms with Gasteiger partial charge in [0.15, 0.2) is 15.7 Å². The van der Waals surface area contributed by atoms with Crippen LogP contribution in [0.15, 0.2) is 36.4 Å². The van der Waals surface area contributed by atoms with Crippen molar-refractivity contribution in [1.29, 1.82) is 0 Å². The Kier molecular flexibility index (Phi) is 13.3. The molecule has 362 valence electrons. The van der Waals surface area contributed by atoms with E-state index >= 15 is 8.78 Å². The predicted molar refractivity (Wildman–Crippen MR) is 242 cm³/mol. The van der Waals surface area contributed by atoms with Crippen molar-refractivity contribution in [2.24, 2.45) is 5.92 Å². The van der Waals surface area contributed by atoms with Crippen LogP contribution in [0.4, 0.5) is 40.9 Å². The monoisotopic (exact) mass is 1120 g/mol. The number of amides is 1. The smallest absolute Gasteiger partial charge is 0.293 e. The molecule has 12 nitrogen and oxygen atoms in total. The predicted octanol–water partition coefficient (Wildman–Crippen LogP) is 9.78. The summed E-state index contributed by atoms with van der Waals surface area (Å²) in [4.78, 5) is 19.3. The zero-order chi connectivity index (χ0) is 48.7. The fraction of sp³-hybridized carbons (Fsp3) is 0.488. The summed E-state index contributed by atoms with van der Waals surface area (Å²) in [5, 5.41) is 9.96. The van der Waals surface area contributed by atoms with Crippen molar-refractivity contribution in [3.8, 4) is 11.1 Å². The van der Waals surface area contributed by atoms with Gasteiger partial charge in [-0.2, -0.15) is 19.0 Å². The Morgan fingerprint density at radius 2 is 1.64 bits per heavy atom. The van der Waals surface area contributed by atoms with Crippen LogP contribution in [-0.4, -0.2) is 69.5 Å². The van der Waals surface area contributed by atoms with Crippen molar-refractivity contribution in [2.75, 3.05) is 10.5 Å². The van der Waals surface area contributed by atoms with Gasteiger partial charge in [-0.25, -0.2) is 43.2 Å². The molecule has 24 heteroatoms. The number of carbonyl (C=O) groups is 1. The number of nitrogens with zero attached hydrogens (tertiary/aromatic N) is 5. The molecule has 2 aromatic carbocycles. The van der Waals surface area contributed by atoms with Crippen LogP contribution in [0.5, 0.6) is 0 Å². The number of fused-ring (bicyclic) bond motifs is 4. The SMILES string of the molecule is CCS(=O)(=O)Nc1nn(CC(F)F)c2c(-c3cc(I)c(CCC(C)(C)S(=O)(=O)C4CC4)nc3[C@H](Cc3cc(F)cc(F)c3)NC(=O)Cn3nc(C(F)F)c4c3C(F)(F)[C@@H]3CC[C@H]43)ccc(Cl)c12. The van der Waals surface area contributed by atoms with Crippen LogP contribution >= 0.6 is 34.2 Å². The van der Waals surface area contributed by atoms with Crippen LogP contribution in [0.2, 0.25) is 5.02 Å². The maximum atomic E-state index is 15.8. The molecule has 3 aliphatic carbocycles. The van der Waals surface area contributed by atoms with E-state index in [0.29, 0.717) is 27.2 Å². The molecule has 3 aromatic heterocycles. The number of nitrogens with one attached hydrogen (secondary N) is 2. The number of aromatic nitrogens is 5. The van der Waals surface area contributed by atoms with Gasteiger partial charge in [-0.15, -0.1) is 0 Å². The van der Waals surface area contributed by atoms with Crippen molar-refractivity contribution in [3.05, 3.63) is 90.5 Å². The minimum atomic E-state index is -4.07. The number of halogens is 10. The van der Waals surface area contributed by atoms with Gasteiger partial charge in [-0.1, -0.05) is 17.7 Å². The molecule has 0 aliphatic heterocycles. The maximum Gasteiger partial charge on any atom is 0.293 e. The first-order valence-electron chi connectivity index (χ1n) is 21.3. The van der Waals surface area contributed by atoms with Gasteiger partial charge >= 0.3 is 0 Å². The van der Waals surface area contributed by atoms with Gasteiger partial charge in [0.25, 0.3) is 18.8 Å². The van der Waals surface area contributed by atoms with Crippen LogP contribution in [0, 0.1) is 21.1 Å². The van der Waals surface area contributed by atoms with Gasteiger partial charge in [0.1, 0.15) is 36.1 Å². The van der Waals surface area contributed by atoms with Gasteiger partial charge in [0.2, 0.25) is 15.9 Å². The Morgan fingerprint density at radius 3 is 2.24 bits per heavy atom. The Morgan fingerprint density at radius 1 is 0.955 bits per heavy atom. The molecular formula is C43H43ClF8IN7O5S2. The Balaban J connectivity index is 1.31. The molecule has 0 radical (unpaired) electrons. The van der Waals surface area contributed by atoms with Crippen molar-refractivity contribution >= 4 is 76.7 Å².